The third-order valence-electron chi connectivity index (χ3n) is 2.44. The maximum absolute atomic E-state index is 5.21. The lowest BCUT2D eigenvalue weighted by atomic mass is 10.1. The molecule has 1 aliphatic heterocycles. The van der Waals surface area contributed by atoms with Crippen molar-refractivity contribution in [1.82, 2.24) is 10.2 Å². The maximum Gasteiger partial charge on any atom is 0.284 e. The second kappa shape index (κ2) is 4.02. The maximum atomic E-state index is 5.21. The van der Waals surface area contributed by atoms with Crippen molar-refractivity contribution in [2.75, 3.05) is 13.1 Å². The van der Waals surface area contributed by atoms with Crippen LogP contribution in [-0.4, -0.2) is 23.3 Å². The number of likely N-dealkylation sites (tertiary alicyclic amines) is 1. The topological polar surface area (TPSA) is 46.3 Å². The molecule has 0 unspecified atom stereocenters. The number of hydrogen-bond acceptors (Lipinski definition) is 3. The van der Waals surface area contributed by atoms with Gasteiger partial charge in [0.05, 0.1) is 13.1 Å². The van der Waals surface area contributed by atoms with Crippen LogP contribution < -0.4 is 4.90 Å². The molecule has 0 bridgehead atoms. The first-order valence-corrected chi connectivity index (χ1v) is 5.13. The summed E-state index contributed by atoms with van der Waals surface area (Å²) in [5.74, 6) is 0.738. The van der Waals surface area contributed by atoms with Crippen LogP contribution >= 0.6 is 12.2 Å². The third kappa shape index (κ3) is 2.38. The smallest absolute Gasteiger partial charge is 0.284 e. The number of aromatic nitrogens is 2. The minimum atomic E-state index is 0.381. The van der Waals surface area contributed by atoms with E-state index in [1.807, 2.05) is 0 Å². The van der Waals surface area contributed by atoms with Gasteiger partial charge in [0.2, 0.25) is 0 Å². The van der Waals surface area contributed by atoms with Crippen molar-refractivity contribution < 1.29 is 9.32 Å². The average molecular weight is 200 g/mol. The van der Waals surface area contributed by atoms with Gasteiger partial charge >= 0.3 is 0 Å². The highest BCUT2D eigenvalue weighted by atomic mass is 32.1. The van der Waals surface area contributed by atoms with Crippen molar-refractivity contribution in [2.24, 2.45) is 0 Å². The number of nitrogens with one attached hydrogen (secondary N) is 2. The molecule has 0 saturated carbocycles. The fourth-order valence-electron chi connectivity index (χ4n) is 1.78. The highest BCUT2D eigenvalue weighted by Gasteiger charge is 2.16. The normalized spacial score (nSPS) is 19.1. The van der Waals surface area contributed by atoms with Gasteiger partial charge in [-0.25, -0.2) is 5.10 Å². The SMILES string of the molecule is S=c1[nH]nc(C[NH+]2CCCCC2)o1. The molecule has 0 aliphatic carbocycles. The molecule has 0 amide bonds. The first-order valence-electron chi connectivity index (χ1n) is 4.72. The van der Waals surface area contributed by atoms with Gasteiger partial charge in [-0.1, -0.05) is 0 Å². The van der Waals surface area contributed by atoms with E-state index in [-0.39, 0.29) is 0 Å². The van der Waals surface area contributed by atoms with Crippen molar-refractivity contribution in [1.29, 1.82) is 0 Å². The average Bonchev–Trinajstić information content (AvgIpc) is 2.53. The van der Waals surface area contributed by atoms with E-state index in [0.717, 1.165) is 12.4 Å². The monoisotopic (exact) mass is 200 g/mol. The van der Waals surface area contributed by atoms with Gasteiger partial charge in [0.1, 0.15) is 0 Å². The molecular weight excluding hydrogens is 186 g/mol. The fraction of sp³-hybridized carbons (Fsp3) is 0.750. The van der Waals surface area contributed by atoms with Crippen LogP contribution in [0.15, 0.2) is 4.42 Å². The summed E-state index contributed by atoms with van der Waals surface area (Å²) < 4.78 is 5.21. The molecule has 1 saturated heterocycles. The van der Waals surface area contributed by atoms with Gasteiger partial charge in [0.25, 0.3) is 10.7 Å². The largest absolute Gasteiger partial charge is 0.408 e. The summed E-state index contributed by atoms with van der Waals surface area (Å²) >= 11 is 4.81. The summed E-state index contributed by atoms with van der Waals surface area (Å²) in [6.07, 6.45) is 4.01. The Morgan fingerprint density at radius 1 is 1.38 bits per heavy atom. The van der Waals surface area contributed by atoms with E-state index in [1.165, 1.54) is 32.4 Å². The number of aromatic amines is 1. The highest BCUT2D eigenvalue weighted by molar-refractivity contribution is 7.71. The Balaban J connectivity index is 1.93. The first-order chi connectivity index (χ1) is 6.34. The molecule has 2 rings (SSSR count). The molecule has 5 heteroatoms. The van der Waals surface area contributed by atoms with Crippen LogP contribution in [0, 0.1) is 4.84 Å². The highest BCUT2D eigenvalue weighted by Crippen LogP contribution is 1.97. The Labute approximate surface area is 81.9 Å². The summed E-state index contributed by atoms with van der Waals surface area (Å²) in [5, 5.41) is 6.64. The number of hydrogen-bond donors (Lipinski definition) is 2. The van der Waals surface area contributed by atoms with Gasteiger partial charge in [-0.2, -0.15) is 0 Å². The molecule has 0 atom stereocenters. The molecule has 1 aliphatic rings. The van der Waals surface area contributed by atoms with Crippen molar-refractivity contribution in [2.45, 2.75) is 25.8 Å². The third-order valence-corrected chi connectivity index (χ3v) is 2.62. The zero-order valence-electron chi connectivity index (χ0n) is 7.51. The Kier molecular flexibility index (Phi) is 2.75. The molecule has 4 nitrogen and oxygen atoms in total. The van der Waals surface area contributed by atoms with Gasteiger partial charge < -0.3 is 9.32 Å². The van der Waals surface area contributed by atoms with Crippen LogP contribution in [0.25, 0.3) is 0 Å². The van der Waals surface area contributed by atoms with Gasteiger partial charge in [0, 0.05) is 0 Å². The number of quaternary nitrogens is 1. The Hall–Kier alpha value is -0.680. The standard InChI is InChI=1S/C8H13N3OS/c13-8-10-9-7(12-8)6-11-4-2-1-3-5-11/h1-6H2,(H,10,13)/p+1. The van der Waals surface area contributed by atoms with Crippen LogP contribution in [0.5, 0.6) is 0 Å². The van der Waals surface area contributed by atoms with E-state index in [1.54, 1.807) is 4.90 Å². The van der Waals surface area contributed by atoms with Gasteiger partial charge in [-0.05, 0) is 31.5 Å². The summed E-state index contributed by atoms with van der Waals surface area (Å²) in [4.78, 5) is 1.93. The molecule has 0 aromatic carbocycles. The van der Waals surface area contributed by atoms with Gasteiger partial charge in [-0.3, -0.25) is 0 Å². The van der Waals surface area contributed by atoms with Gasteiger partial charge in [-0.15, -0.1) is 5.10 Å². The zero-order valence-corrected chi connectivity index (χ0v) is 8.32. The van der Waals surface area contributed by atoms with E-state index in [4.69, 9.17) is 16.6 Å². The molecule has 72 valence electrons. The molecule has 2 N–H and O–H groups in total. The lowest BCUT2D eigenvalue weighted by Gasteiger charge is -2.21. The Morgan fingerprint density at radius 3 is 2.77 bits per heavy atom. The van der Waals surface area contributed by atoms with E-state index in [0.29, 0.717) is 4.84 Å². The zero-order chi connectivity index (χ0) is 9.10. The van der Waals surface area contributed by atoms with E-state index in [9.17, 15) is 0 Å². The Morgan fingerprint density at radius 2 is 2.15 bits per heavy atom. The van der Waals surface area contributed by atoms with E-state index < -0.39 is 0 Å². The number of piperidine rings is 1. The van der Waals surface area contributed by atoms with Crippen molar-refractivity contribution >= 4 is 12.2 Å². The van der Waals surface area contributed by atoms with Crippen LogP contribution in [-0.2, 0) is 6.54 Å². The fourth-order valence-corrected chi connectivity index (χ4v) is 1.92. The Bertz CT molecular complexity index is 313. The van der Waals surface area contributed by atoms with Crippen LogP contribution in [0.4, 0.5) is 0 Å². The van der Waals surface area contributed by atoms with Crippen LogP contribution in [0.3, 0.4) is 0 Å². The molecule has 0 spiro atoms. The van der Waals surface area contributed by atoms with Gasteiger partial charge in [0.15, 0.2) is 6.54 Å². The second-order valence-corrected chi connectivity index (χ2v) is 3.87. The second-order valence-electron chi connectivity index (χ2n) is 3.49. The number of nitrogens with zero attached hydrogens (tertiary/aromatic N) is 1. The lowest BCUT2D eigenvalue weighted by molar-refractivity contribution is -0.919. The summed E-state index contributed by atoms with van der Waals surface area (Å²) in [5.41, 5.74) is 0. The number of H-pyrrole nitrogens is 1. The molecule has 1 aromatic heterocycles. The molecule has 0 radical (unpaired) electrons. The van der Waals surface area contributed by atoms with E-state index >= 15 is 0 Å². The minimum absolute atomic E-state index is 0.381. The number of rotatable bonds is 2. The molecule has 13 heavy (non-hydrogen) atoms. The van der Waals surface area contributed by atoms with Crippen molar-refractivity contribution in [3.8, 4) is 0 Å². The minimum Gasteiger partial charge on any atom is -0.408 e. The predicted molar refractivity (Wildman–Crippen MR) is 49.9 cm³/mol. The molecule has 1 aromatic rings. The summed E-state index contributed by atoms with van der Waals surface area (Å²) in [6.45, 7) is 3.33. The summed E-state index contributed by atoms with van der Waals surface area (Å²) in [6, 6.07) is 0. The molecule has 1 fully saturated rings. The predicted octanol–water partition coefficient (Wildman–Crippen LogP) is 0.301. The first kappa shape index (κ1) is 8.90. The van der Waals surface area contributed by atoms with Crippen molar-refractivity contribution in [3.05, 3.63) is 10.7 Å². The molecular formula is C8H14N3OS+. The summed E-state index contributed by atoms with van der Waals surface area (Å²) in [7, 11) is 0. The molecule has 2 heterocycles. The van der Waals surface area contributed by atoms with Crippen molar-refractivity contribution in [3.63, 3.8) is 0 Å². The van der Waals surface area contributed by atoms with Crippen LogP contribution in [0.1, 0.15) is 25.2 Å². The lowest BCUT2D eigenvalue weighted by Crippen LogP contribution is -3.11. The van der Waals surface area contributed by atoms with Crippen LogP contribution in [0.2, 0.25) is 0 Å². The quantitative estimate of drug-likeness (QED) is 0.675. The van der Waals surface area contributed by atoms with E-state index in [2.05, 4.69) is 10.2 Å².